The van der Waals surface area contributed by atoms with E-state index in [2.05, 4.69) is 25.5 Å². The molecule has 6 rings (SSSR count). The number of carbonyl (C=O) groups is 1. The van der Waals surface area contributed by atoms with Crippen molar-refractivity contribution in [3.8, 4) is 28.7 Å². The average Bonchev–Trinajstić information content (AvgIpc) is 3.54. The van der Waals surface area contributed by atoms with E-state index in [1.54, 1.807) is 49.7 Å². The number of carbonyl (C=O) groups excluding carboxylic acids is 1. The highest BCUT2D eigenvalue weighted by Crippen LogP contribution is 2.38. The Bertz CT molecular complexity index is 1840. The van der Waals surface area contributed by atoms with Crippen molar-refractivity contribution < 1.29 is 23.4 Å². The number of nitrogens with one attached hydrogen (secondary N) is 1. The summed E-state index contributed by atoms with van der Waals surface area (Å²) in [5.74, 6) is 0.163. The summed E-state index contributed by atoms with van der Waals surface area (Å²) in [5, 5.41) is 11.8. The van der Waals surface area contributed by atoms with Crippen molar-refractivity contribution in [3.63, 3.8) is 0 Å². The third-order valence-electron chi connectivity index (χ3n) is 7.61. The first-order chi connectivity index (χ1) is 22.4. The van der Waals surface area contributed by atoms with Crippen molar-refractivity contribution in [2.45, 2.75) is 25.7 Å². The number of nitrogens with zero attached hydrogens (tertiary/aromatic N) is 5. The van der Waals surface area contributed by atoms with Gasteiger partial charge in [0.2, 0.25) is 0 Å². The summed E-state index contributed by atoms with van der Waals surface area (Å²) >= 11 is 12.5. The van der Waals surface area contributed by atoms with Crippen LogP contribution in [0.5, 0.6) is 23.0 Å². The van der Waals surface area contributed by atoms with E-state index in [1.165, 1.54) is 42.3 Å². The number of ether oxygens (including phenoxy) is 3. The van der Waals surface area contributed by atoms with E-state index in [4.69, 9.17) is 37.4 Å². The number of likely N-dealkylation sites (tertiary alicyclic amines) is 1. The Labute approximate surface area is 275 Å². The van der Waals surface area contributed by atoms with E-state index in [0.717, 1.165) is 32.1 Å². The minimum Gasteiger partial charge on any atom is -0.493 e. The predicted octanol–water partition coefficient (Wildman–Crippen LogP) is 7.57. The highest BCUT2D eigenvalue weighted by Gasteiger charge is 2.18. The molecule has 1 saturated heterocycles. The minimum atomic E-state index is -0.685. The van der Waals surface area contributed by atoms with Gasteiger partial charge in [-0.1, -0.05) is 40.9 Å². The molecule has 0 saturated carbocycles. The number of methoxy groups -OCH3 is 1. The van der Waals surface area contributed by atoms with Gasteiger partial charge < -0.3 is 24.4 Å². The van der Waals surface area contributed by atoms with E-state index in [0.29, 0.717) is 50.5 Å². The maximum Gasteiger partial charge on any atom is 0.277 e. The second kappa shape index (κ2) is 14.3. The summed E-state index contributed by atoms with van der Waals surface area (Å²) in [5.41, 5.74) is 1.18. The van der Waals surface area contributed by atoms with Crippen LogP contribution in [0.25, 0.3) is 16.6 Å². The fourth-order valence-electron chi connectivity index (χ4n) is 5.30. The van der Waals surface area contributed by atoms with Crippen LogP contribution < -0.4 is 19.5 Å². The molecule has 238 valence electrons. The molecule has 1 aliphatic rings. The lowest BCUT2D eigenvalue weighted by molar-refractivity contribution is 0.102. The molecule has 0 atom stereocenters. The van der Waals surface area contributed by atoms with E-state index >= 15 is 4.39 Å². The van der Waals surface area contributed by atoms with Gasteiger partial charge in [0.25, 0.3) is 5.91 Å². The Morgan fingerprint density at radius 1 is 0.978 bits per heavy atom. The molecular formula is C33H31Cl2FN6O4. The normalized spacial score (nSPS) is 13.5. The van der Waals surface area contributed by atoms with Crippen molar-refractivity contribution in [1.29, 1.82) is 0 Å². The summed E-state index contributed by atoms with van der Waals surface area (Å²) < 4.78 is 34.2. The largest absolute Gasteiger partial charge is 0.493 e. The summed E-state index contributed by atoms with van der Waals surface area (Å²) in [4.78, 5) is 19.8. The van der Waals surface area contributed by atoms with Crippen LogP contribution in [0.4, 0.5) is 10.1 Å². The number of piperidine rings is 1. The molecule has 13 heteroatoms. The second-order valence-corrected chi connectivity index (χ2v) is 11.6. The van der Waals surface area contributed by atoms with Gasteiger partial charge in [-0.25, -0.2) is 9.07 Å². The predicted molar refractivity (Wildman–Crippen MR) is 175 cm³/mol. The maximum atomic E-state index is 15.2. The molecule has 5 aromatic rings. The molecule has 1 amide bonds. The third-order valence-corrected chi connectivity index (χ3v) is 8.22. The standard InChI is InChI=1S/C33H31Cl2FN6O4/c1-44-30-18-22-26(19-31(30)45-16-6-15-41-13-3-2-4-14-41)37-12-11-28(22)46-29-10-9-21(17-25(29)36)38-33(43)27-20-42(40-39-27)32-23(34)7-5-8-24(32)35/h5,7-12,17-20H,2-4,6,13-16H2,1H3,(H,38,43). The zero-order chi connectivity index (χ0) is 32.0. The van der Waals surface area contributed by atoms with Gasteiger partial charge in [-0.3, -0.25) is 9.78 Å². The first kappa shape index (κ1) is 31.5. The highest BCUT2D eigenvalue weighted by atomic mass is 35.5. The molecule has 3 aromatic carbocycles. The van der Waals surface area contributed by atoms with Crippen LogP contribution in [-0.4, -0.2) is 64.1 Å². The lowest BCUT2D eigenvalue weighted by Gasteiger charge is -2.26. The number of hydrogen-bond acceptors (Lipinski definition) is 8. The number of halogens is 3. The molecule has 46 heavy (non-hydrogen) atoms. The van der Waals surface area contributed by atoms with E-state index in [1.807, 2.05) is 0 Å². The number of aromatic nitrogens is 4. The Morgan fingerprint density at radius 2 is 1.78 bits per heavy atom. The molecule has 3 heterocycles. The quantitative estimate of drug-likeness (QED) is 0.144. The lowest BCUT2D eigenvalue weighted by Crippen LogP contribution is -2.31. The summed E-state index contributed by atoms with van der Waals surface area (Å²) in [6.07, 6.45) is 7.70. The minimum absolute atomic E-state index is 0.0146. The van der Waals surface area contributed by atoms with Gasteiger partial charge in [0.15, 0.2) is 28.8 Å². The fourth-order valence-corrected chi connectivity index (χ4v) is 5.87. The molecular weight excluding hydrogens is 634 g/mol. The number of rotatable bonds is 11. The van der Waals surface area contributed by atoms with Gasteiger partial charge in [0.05, 0.1) is 35.5 Å². The van der Waals surface area contributed by atoms with E-state index in [-0.39, 0.29) is 17.1 Å². The Hall–Kier alpha value is -4.45. The van der Waals surface area contributed by atoms with Crippen LogP contribution in [0, 0.1) is 5.82 Å². The van der Waals surface area contributed by atoms with Gasteiger partial charge in [-0.15, -0.1) is 5.10 Å². The molecule has 1 fully saturated rings. The smallest absolute Gasteiger partial charge is 0.277 e. The summed E-state index contributed by atoms with van der Waals surface area (Å²) in [6, 6.07) is 14.3. The first-order valence-electron chi connectivity index (χ1n) is 14.9. The average molecular weight is 666 g/mol. The van der Waals surface area contributed by atoms with Crippen LogP contribution in [0.1, 0.15) is 36.2 Å². The Kier molecular flexibility index (Phi) is 9.82. The molecule has 1 aliphatic heterocycles. The van der Waals surface area contributed by atoms with Crippen LogP contribution in [0.3, 0.4) is 0 Å². The number of benzene rings is 3. The molecule has 0 spiro atoms. The summed E-state index contributed by atoms with van der Waals surface area (Å²) in [7, 11) is 1.57. The van der Waals surface area contributed by atoms with Crippen LogP contribution in [0.15, 0.2) is 67.0 Å². The fraction of sp³-hybridized carbons (Fsp3) is 0.273. The van der Waals surface area contributed by atoms with Crippen molar-refractivity contribution in [2.24, 2.45) is 0 Å². The Balaban J connectivity index is 1.12. The first-order valence-corrected chi connectivity index (χ1v) is 15.6. The number of para-hydroxylation sites is 1. The van der Waals surface area contributed by atoms with Crippen LogP contribution >= 0.6 is 23.2 Å². The van der Waals surface area contributed by atoms with Crippen LogP contribution in [-0.2, 0) is 0 Å². The zero-order valence-corrected chi connectivity index (χ0v) is 26.5. The molecule has 0 aliphatic carbocycles. The number of fused-ring (bicyclic) bond motifs is 1. The zero-order valence-electron chi connectivity index (χ0n) is 25.0. The van der Waals surface area contributed by atoms with Gasteiger partial charge >= 0.3 is 0 Å². The van der Waals surface area contributed by atoms with Crippen molar-refractivity contribution in [1.82, 2.24) is 24.9 Å². The molecule has 0 unspecified atom stereocenters. The monoisotopic (exact) mass is 664 g/mol. The maximum absolute atomic E-state index is 15.2. The van der Waals surface area contributed by atoms with Crippen molar-refractivity contribution >= 4 is 45.7 Å². The topological polar surface area (TPSA) is 104 Å². The van der Waals surface area contributed by atoms with E-state index in [9.17, 15) is 4.79 Å². The third kappa shape index (κ3) is 7.17. The summed E-state index contributed by atoms with van der Waals surface area (Å²) in [6.45, 7) is 3.85. The van der Waals surface area contributed by atoms with Gasteiger partial charge in [-0.2, -0.15) is 0 Å². The molecule has 10 nitrogen and oxygen atoms in total. The number of amides is 1. The van der Waals surface area contributed by atoms with Crippen molar-refractivity contribution in [2.75, 3.05) is 38.7 Å². The molecule has 0 radical (unpaired) electrons. The van der Waals surface area contributed by atoms with Gasteiger partial charge in [0, 0.05) is 35.9 Å². The SMILES string of the molecule is COc1cc2c(Oc3ccc(NC(=O)c4cn(-c5c(Cl)cccc5Cl)nn4)cc3F)ccnc2cc1OCCCN1CCCCC1. The van der Waals surface area contributed by atoms with Crippen LogP contribution in [0.2, 0.25) is 10.0 Å². The lowest BCUT2D eigenvalue weighted by atomic mass is 10.1. The van der Waals surface area contributed by atoms with Crippen molar-refractivity contribution in [3.05, 3.63) is 88.5 Å². The molecule has 2 aromatic heterocycles. The Morgan fingerprint density at radius 3 is 2.54 bits per heavy atom. The van der Waals surface area contributed by atoms with E-state index < -0.39 is 11.7 Å². The van der Waals surface area contributed by atoms with Gasteiger partial charge in [-0.05, 0) is 68.8 Å². The molecule has 0 bridgehead atoms. The number of anilines is 1. The highest BCUT2D eigenvalue weighted by molar-refractivity contribution is 6.37. The number of pyridine rings is 1. The van der Waals surface area contributed by atoms with Gasteiger partial charge in [0.1, 0.15) is 11.4 Å². The molecule has 1 N–H and O–H groups in total. The number of hydrogen-bond donors (Lipinski definition) is 1. The second-order valence-electron chi connectivity index (χ2n) is 10.8.